The number of anilines is 2. The monoisotopic (exact) mass is 304 g/mol. The van der Waals surface area contributed by atoms with Gasteiger partial charge in [-0.15, -0.1) is 0 Å². The van der Waals surface area contributed by atoms with Crippen LogP contribution >= 0.6 is 0 Å². The summed E-state index contributed by atoms with van der Waals surface area (Å²) in [5.41, 5.74) is 1.05. The van der Waals surface area contributed by atoms with Gasteiger partial charge in [0.2, 0.25) is 5.95 Å². The summed E-state index contributed by atoms with van der Waals surface area (Å²) in [7, 11) is 2.11. The second kappa shape index (κ2) is 7.30. The van der Waals surface area contributed by atoms with Crippen molar-refractivity contribution in [1.82, 2.24) is 9.97 Å². The van der Waals surface area contributed by atoms with Crippen LogP contribution in [0.15, 0.2) is 6.07 Å². The van der Waals surface area contributed by atoms with E-state index in [0.29, 0.717) is 6.04 Å². The lowest BCUT2D eigenvalue weighted by Crippen LogP contribution is -2.37. The van der Waals surface area contributed by atoms with E-state index in [-0.39, 0.29) is 0 Å². The van der Waals surface area contributed by atoms with Gasteiger partial charge in [-0.2, -0.15) is 4.98 Å². The molecule has 0 amide bonds. The molecule has 1 aromatic heterocycles. The summed E-state index contributed by atoms with van der Waals surface area (Å²) in [6.45, 7) is 13.3. The lowest BCUT2D eigenvalue weighted by molar-refractivity contribution is 0.345. The number of piperidine rings is 1. The molecule has 22 heavy (non-hydrogen) atoms. The zero-order valence-electron chi connectivity index (χ0n) is 15.1. The zero-order chi connectivity index (χ0) is 16.3. The Kier molecular flexibility index (Phi) is 5.65. The predicted molar refractivity (Wildman–Crippen MR) is 94.7 cm³/mol. The normalized spacial score (nSPS) is 19.1. The summed E-state index contributed by atoms with van der Waals surface area (Å²) in [5, 5.41) is 0. The van der Waals surface area contributed by atoms with Gasteiger partial charge in [-0.1, -0.05) is 13.8 Å². The molecule has 1 fully saturated rings. The van der Waals surface area contributed by atoms with Crippen LogP contribution in [0.25, 0.3) is 0 Å². The van der Waals surface area contributed by atoms with Gasteiger partial charge >= 0.3 is 0 Å². The fourth-order valence-electron chi connectivity index (χ4n) is 3.23. The molecule has 4 heteroatoms. The molecular weight excluding hydrogens is 272 g/mol. The molecule has 2 heterocycles. The summed E-state index contributed by atoms with van der Waals surface area (Å²) in [5.74, 6) is 3.49. The molecule has 0 spiro atoms. The maximum atomic E-state index is 4.83. The van der Waals surface area contributed by atoms with Crippen molar-refractivity contribution >= 4 is 11.8 Å². The number of hydrogen-bond acceptors (Lipinski definition) is 4. The molecule has 0 saturated carbocycles. The van der Waals surface area contributed by atoms with Crippen LogP contribution in [0.1, 0.15) is 52.7 Å². The van der Waals surface area contributed by atoms with Crippen LogP contribution in [0, 0.1) is 18.8 Å². The Balaban J connectivity index is 2.17. The van der Waals surface area contributed by atoms with Crippen molar-refractivity contribution in [2.24, 2.45) is 11.8 Å². The topological polar surface area (TPSA) is 32.3 Å². The predicted octanol–water partition coefficient (Wildman–Crippen LogP) is 3.89. The van der Waals surface area contributed by atoms with Crippen LogP contribution in [-0.4, -0.2) is 36.1 Å². The van der Waals surface area contributed by atoms with Crippen LogP contribution in [0.5, 0.6) is 0 Å². The van der Waals surface area contributed by atoms with Gasteiger partial charge in [0.15, 0.2) is 0 Å². The number of hydrogen-bond donors (Lipinski definition) is 0. The maximum absolute atomic E-state index is 4.83. The highest BCUT2D eigenvalue weighted by molar-refractivity contribution is 5.46. The molecule has 1 unspecified atom stereocenters. The number of rotatable bonds is 5. The van der Waals surface area contributed by atoms with E-state index in [1.54, 1.807) is 0 Å². The smallest absolute Gasteiger partial charge is 0.227 e. The third kappa shape index (κ3) is 4.34. The first-order valence-corrected chi connectivity index (χ1v) is 8.70. The second-order valence-corrected chi connectivity index (χ2v) is 7.46. The van der Waals surface area contributed by atoms with Crippen molar-refractivity contribution in [3.8, 4) is 0 Å². The van der Waals surface area contributed by atoms with Crippen molar-refractivity contribution in [3.63, 3.8) is 0 Å². The van der Waals surface area contributed by atoms with Gasteiger partial charge in [0, 0.05) is 37.9 Å². The molecule has 0 aliphatic carbocycles. The minimum Gasteiger partial charge on any atom is -0.357 e. The highest BCUT2D eigenvalue weighted by Crippen LogP contribution is 2.26. The largest absolute Gasteiger partial charge is 0.357 e. The highest BCUT2D eigenvalue weighted by atomic mass is 15.3. The van der Waals surface area contributed by atoms with E-state index in [0.717, 1.165) is 42.4 Å². The van der Waals surface area contributed by atoms with Gasteiger partial charge in [-0.25, -0.2) is 4.98 Å². The van der Waals surface area contributed by atoms with E-state index < -0.39 is 0 Å². The Hall–Kier alpha value is -1.32. The lowest BCUT2D eigenvalue weighted by atomic mass is 9.90. The van der Waals surface area contributed by atoms with Crippen molar-refractivity contribution in [1.29, 1.82) is 0 Å². The van der Waals surface area contributed by atoms with E-state index in [1.807, 2.05) is 0 Å². The van der Waals surface area contributed by atoms with Crippen LogP contribution in [0.4, 0.5) is 11.8 Å². The van der Waals surface area contributed by atoms with E-state index in [9.17, 15) is 0 Å². The Morgan fingerprint density at radius 1 is 1.27 bits per heavy atom. The first-order chi connectivity index (χ1) is 10.4. The number of nitrogens with zero attached hydrogens (tertiary/aromatic N) is 4. The average Bonchev–Trinajstić information content (AvgIpc) is 2.45. The molecule has 0 radical (unpaired) electrons. The second-order valence-electron chi connectivity index (χ2n) is 7.46. The molecule has 0 N–H and O–H groups in total. The van der Waals surface area contributed by atoms with E-state index in [4.69, 9.17) is 9.97 Å². The Morgan fingerprint density at radius 2 is 2.00 bits per heavy atom. The summed E-state index contributed by atoms with van der Waals surface area (Å²) < 4.78 is 0. The summed E-state index contributed by atoms with van der Waals surface area (Å²) >= 11 is 0. The van der Waals surface area contributed by atoms with Crippen LogP contribution in [-0.2, 0) is 0 Å². The van der Waals surface area contributed by atoms with Gasteiger partial charge in [0.05, 0.1) is 0 Å². The maximum Gasteiger partial charge on any atom is 0.227 e. The van der Waals surface area contributed by atoms with Gasteiger partial charge in [0.1, 0.15) is 5.82 Å². The molecule has 1 aromatic rings. The summed E-state index contributed by atoms with van der Waals surface area (Å²) in [6.07, 6.45) is 3.91. The fourth-order valence-corrected chi connectivity index (χ4v) is 3.23. The Labute approximate surface area is 135 Å². The zero-order valence-corrected chi connectivity index (χ0v) is 15.1. The molecular formula is C18H32N4. The summed E-state index contributed by atoms with van der Waals surface area (Å²) in [4.78, 5) is 14.1. The van der Waals surface area contributed by atoms with Crippen molar-refractivity contribution in [3.05, 3.63) is 11.8 Å². The van der Waals surface area contributed by atoms with Crippen molar-refractivity contribution < 1.29 is 0 Å². The third-order valence-electron chi connectivity index (χ3n) is 4.57. The van der Waals surface area contributed by atoms with E-state index in [2.05, 4.69) is 57.5 Å². The van der Waals surface area contributed by atoms with Gasteiger partial charge in [-0.3, -0.25) is 0 Å². The molecule has 1 atom stereocenters. The molecule has 1 aliphatic rings. The Morgan fingerprint density at radius 3 is 2.64 bits per heavy atom. The molecule has 2 rings (SSSR count). The first-order valence-electron chi connectivity index (χ1n) is 8.70. The van der Waals surface area contributed by atoms with Crippen molar-refractivity contribution in [2.45, 2.75) is 59.9 Å². The van der Waals surface area contributed by atoms with Crippen LogP contribution < -0.4 is 9.80 Å². The first kappa shape index (κ1) is 17.0. The molecule has 0 aromatic carbocycles. The Bertz CT molecular complexity index is 484. The molecule has 124 valence electrons. The third-order valence-corrected chi connectivity index (χ3v) is 4.57. The highest BCUT2D eigenvalue weighted by Gasteiger charge is 2.23. The molecule has 1 saturated heterocycles. The van der Waals surface area contributed by atoms with E-state index >= 15 is 0 Å². The van der Waals surface area contributed by atoms with E-state index in [1.165, 1.54) is 19.3 Å². The minimum atomic E-state index is 0.442. The van der Waals surface area contributed by atoms with Crippen molar-refractivity contribution in [2.75, 3.05) is 29.9 Å². The fraction of sp³-hybridized carbons (Fsp3) is 0.778. The number of aromatic nitrogens is 2. The lowest BCUT2D eigenvalue weighted by Gasteiger charge is -2.34. The molecule has 4 nitrogen and oxygen atoms in total. The van der Waals surface area contributed by atoms with Gasteiger partial charge in [0.25, 0.3) is 0 Å². The minimum absolute atomic E-state index is 0.442. The molecule has 1 aliphatic heterocycles. The SMILES string of the molecule is Cc1cc(N(C)C(C)C)nc(N2CCCC(CC(C)C)C2)n1. The number of aryl methyl sites for hydroxylation is 1. The van der Waals surface area contributed by atoms with Crippen LogP contribution in [0.2, 0.25) is 0 Å². The average molecular weight is 304 g/mol. The standard InChI is InChI=1S/C18H32N4/c1-13(2)10-16-8-7-9-22(12-16)18-19-15(5)11-17(20-18)21(6)14(3)4/h11,13-14,16H,7-10,12H2,1-6H3. The van der Waals surface area contributed by atoms with Crippen LogP contribution in [0.3, 0.4) is 0 Å². The molecule has 0 bridgehead atoms. The summed E-state index contributed by atoms with van der Waals surface area (Å²) in [6, 6.07) is 2.52. The van der Waals surface area contributed by atoms with Gasteiger partial charge in [-0.05, 0) is 51.9 Å². The van der Waals surface area contributed by atoms with Gasteiger partial charge < -0.3 is 9.80 Å². The quantitative estimate of drug-likeness (QED) is 0.826.